The summed E-state index contributed by atoms with van der Waals surface area (Å²) in [5, 5.41) is 0. The number of benzene rings is 1. The van der Waals surface area contributed by atoms with Crippen LogP contribution in [0.2, 0.25) is 0 Å². The van der Waals surface area contributed by atoms with E-state index in [1.54, 1.807) is 0 Å². The van der Waals surface area contributed by atoms with E-state index in [1.165, 1.54) is 24.9 Å². The van der Waals surface area contributed by atoms with E-state index in [-0.39, 0.29) is 12.4 Å². The number of halogens is 1. The van der Waals surface area contributed by atoms with Crippen molar-refractivity contribution in [3.63, 3.8) is 0 Å². The van der Waals surface area contributed by atoms with Crippen LogP contribution in [-0.2, 0) is 0 Å². The molecule has 1 saturated heterocycles. The van der Waals surface area contributed by atoms with Gasteiger partial charge in [-0.05, 0) is 30.9 Å². The Bertz CT molecular complexity index is 378. The smallest absolute Gasteiger partial charge is 0.0247 e. The quantitative estimate of drug-likeness (QED) is 0.918. The number of nitrogens with zero attached hydrogens (tertiary/aromatic N) is 1. The third-order valence-corrected chi connectivity index (χ3v) is 3.92. The standard InChI is InChI=1S/C16H24N2.ClH/c1-14-7-5-11-18(16(14)13-17)12-6-10-15-8-3-2-4-9-15;/h2-4,6,8-10,14,16H,5,7,11-13,17H2,1H3;1H/b10-6+;. The third kappa shape index (κ3) is 4.64. The van der Waals surface area contributed by atoms with Gasteiger partial charge in [0.05, 0.1) is 0 Å². The van der Waals surface area contributed by atoms with Crippen molar-refractivity contribution in [1.82, 2.24) is 4.90 Å². The molecule has 2 unspecified atom stereocenters. The zero-order valence-corrected chi connectivity index (χ0v) is 12.5. The first-order chi connectivity index (χ1) is 8.81. The largest absolute Gasteiger partial charge is 0.329 e. The molecule has 0 aliphatic carbocycles. The minimum atomic E-state index is 0. The van der Waals surface area contributed by atoms with E-state index in [0.717, 1.165) is 19.0 Å². The summed E-state index contributed by atoms with van der Waals surface area (Å²) < 4.78 is 0. The molecule has 0 bridgehead atoms. The molecule has 0 amide bonds. The van der Waals surface area contributed by atoms with Crippen LogP contribution in [0.5, 0.6) is 0 Å². The normalized spacial score (nSPS) is 24.3. The number of hydrogen-bond donors (Lipinski definition) is 1. The highest BCUT2D eigenvalue weighted by molar-refractivity contribution is 5.85. The molecule has 2 rings (SSSR count). The zero-order valence-electron chi connectivity index (χ0n) is 11.7. The summed E-state index contributed by atoms with van der Waals surface area (Å²) in [7, 11) is 0. The Labute approximate surface area is 123 Å². The maximum Gasteiger partial charge on any atom is 0.0247 e. The third-order valence-electron chi connectivity index (χ3n) is 3.92. The second-order valence-corrected chi connectivity index (χ2v) is 5.23. The lowest BCUT2D eigenvalue weighted by atomic mass is 9.91. The van der Waals surface area contributed by atoms with Gasteiger partial charge in [-0.25, -0.2) is 0 Å². The highest BCUT2D eigenvalue weighted by Crippen LogP contribution is 2.22. The minimum absolute atomic E-state index is 0. The summed E-state index contributed by atoms with van der Waals surface area (Å²) >= 11 is 0. The van der Waals surface area contributed by atoms with Crippen LogP contribution in [0.15, 0.2) is 36.4 Å². The van der Waals surface area contributed by atoms with Gasteiger partial charge >= 0.3 is 0 Å². The van der Waals surface area contributed by atoms with Gasteiger partial charge in [0, 0.05) is 19.1 Å². The fourth-order valence-corrected chi connectivity index (χ4v) is 2.83. The van der Waals surface area contributed by atoms with E-state index < -0.39 is 0 Å². The van der Waals surface area contributed by atoms with E-state index in [1.807, 2.05) is 6.07 Å². The van der Waals surface area contributed by atoms with Gasteiger partial charge in [-0.3, -0.25) is 4.90 Å². The molecular formula is C16H25ClN2. The summed E-state index contributed by atoms with van der Waals surface area (Å²) in [4.78, 5) is 2.52. The van der Waals surface area contributed by atoms with Gasteiger partial charge in [-0.1, -0.05) is 49.4 Å². The van der Waals surface area contributed by atoms with E-state index in [2.05, 4.69) is 48.2 Å². The molecule has 1 fully saturated rings. The number of hydrogen-bond acceptors (Lipinski definition) is 2. The predicted molar refractivity (Wildman–Crippen MR) is 85.5 cm³/mol. The molecule has 2 nitrogen and oxygen atoms in total. The molecule has 2 N–H and O–H groups in total. The molecule has 3 heteroatoms. The molecule has 0 aromatic heterocycles. The average molecular weight is 281 g/mol. The van der Waals surface area contributed by atoms with Crippen molar-refractivity contribution in [3.05, 3.63) is 42.0 Å². The van der Waals surface area contributed by atoms with Gasteiger partial charge in [-0.2, -0.15) is 0 Å². The van der Waals surface area contributed by atoms with Crippen molar-refractivity contribution in [3.8, 4) is 0 Å². The van der Waals surface area contributed by atoms with Crippen LogP contribution < -0.4 is 5.73 Å². The van der Waals surface area contributed by atoms with Crippen molar-refractivity contribution in [2.45, 2.75) is 25.8 Å². The summed E-state index contributed by atoms with van der Waals surface area (Å²) in [6.45, 7) is 5.30. The van der Waals surface area contributed by atoms with E-state index >= 15 is 0 Å². The van der Waals surface area contributed by atoms with Crippen molar-refractivity contribution in [2.24, 2.45) is 11.7 Å². The number of likely N-dealkylation sites (tertiary alicyclic amines) is 1. The average Bonchev–Trinajstić information content (AvgIpc) is 2.40. The number of piperidine rings is 1. The highest BCUT2D eigenvalue weighted by atomic mass is 35.5. The fraction of sp³-hybridized carbons (Fsp3) is 0.500. The van der Waals surface area contributed by atoms with Crippen LogP contribution in [0.1, 0.15) is 25.3 Å². The topological polar surface area (TPSA) is 29.3 Å². The van der Waals surface area contributed by atoms with Crippen molar-refractivity contribution < 1.29 is 0 Å². The first-order valence-corrected chi connectivity index (χ1v) is 6.97. The maximum absolute atomic E-state index is 5.90. The zero-order chi connectivity index (χ0) is 12.8. The Hall–Kier alpha value is -0.830. The first-order valence-electron chi connectivity index (χ1n) is 6.97. The Morgan fingerprint density at radius 2 is 2.05 bits per heavy atom. The second-order valence-electron chi connectivity index (χ2n) is 5.23. The number of nitrogens with two attached hydrogens (primary N) is 1. The van der Waals surface area contributed by atoms with Gasteiger partial charge in [-0.15, -0.1) is 12.4 Å². The molecule has 1 aromatic carbocycles. The van der Waals surface area contributed by atoms with Crippen LogP contribution in [0.4, 0.5) is 0 Å². The minimum Gasteiger partial charge on any atom is -0.329 e. The molecule has 0 radical (unpaired) electrons. The fourth-order valence-electron chi connectivity index (χ4n) is 2.83. The maximum atomic E-state index is 5.90. The van der Waals surface area contributed by atoms with Crippen LogP contribution in [0, 0.1) is 5.92 Å². The second kappa shape index (κ2) is 8.36. The Balaban J connectivity index is 0.00000180. The lowest BCUT2D eigenvalue weighted by Crippen LogP contribution is -2.48. The molecule has 0 spiro atoms. The molecule has 1 aliphatic heterocycles. The van der Waals surface area contributed by atoms with Crippen molar-refractivity contribution in [1.29, 1.82) is 0 Å². The molecular weight excluding hydrogens is 256 g/mol. The molecule has 2 atom stereocenters. The molecule has 19 heavy (non-hydrogen) atoms. The predicted octanol–water partition coefficient (Wildman–Crippen LogP) is 3.18. The molecule has 1 aromatic rings. The molecule has 1 heterocycles. The summed E-state index contributed by atoms with van der Waals surface area (Å²) in [5.74, 6) is 0.730. The first kappa shape index (κ1) is 16.2. The van der Waals surface area contributed by atoms with Gasteiger partial charge in [0.15, 0.2) is 0 Å². The van der Waals surface area contributed by atoms with Gasteiger partial charge < -0.3 is 5.73 Å². The lowest BCUT2D eigenvalue weighted by molar-refractivity contribution is 0.120. The van der Waals surface area contributed by atoms with Crippen LogP contribution >= 0.6 is 12.4 Å². The van der Waals surface area contributed by atoms with E-state index in [0.29, 0.717) is 6.04 Å². The van der Waals surface area contributed by atoms with E-state index in [9.17, 15) is 0 Å². The van der Waals surface area contributed by atoms with Crippen molar-refractivity contribution >= 4 is 18.5 Å². The van der Waals surface area contributed by atoms with Crippen LogP contribution in [0.25, 0.3) is 6.08 Å². The summed E-state index contributed by atoms with van der Waals surface area (Å²) in [6, 6.07) is 11.0. The lowest BCUT2D eigenvalue weighted by Gasteiger charge is -2.38. The Kier molecular flexibility index (Phi) is 7.14. The Morgan fingerprint density at radius 3 is 2.74 bits per heavy atom. The van der Waals surface area contributed by atoms with Crippen LogP contribution in [-0.4, -0.2) is 30.6 Å². The van der Waals surface area contributed by atoms with Crippen molar-refractivity contribution in [2.75, 3.05) is 19.6 Å². The van der Waals surface area contributed by atoms with E-state index in [4.69, 9.17) is 5.73 Å². The van der Waals surface area contributed by atoms with Crippen LogP contribution in [0.3, 0.4) is 0 Å². The summed E-state index contributed by atoms with van der Waals surface area (Å²) in [6.07, 6.45) is 7.08. The van der Waals surface area contributed by atoms with Gasteiger partial charge in [0.2, 0.25) is 0 Å². The molecule has 106 valence electrons. The molecule has 1 aliphatic rings. The Morgan fingerprint density at radius 1 is 1.32 bits per heavy atom. The molecule has 0 saturated carbocycles. The van der Waals surface area contributed by atoms with Gasteiger partial charge in [0.25, 0.3) is 0 Å². The highest BCUT2D eigenvalue weighted by Gasteiger charge is 2.26. The van der Waals surface area contributed by atoms with Gasteiger partial charge in [0.1, 0.15) is 0 Å². The number of rotatable bonds is 4. The monoisotopic (exact) mass is 280 g/mol. The SMILES string of the molecule is CC1CCCN(C/C=C/c2ccccc2)C1CN.Cl. The summed E-state index contributed by atoms with van der Waals surface area (Å²) in [5.41, 5.74) is 7.17.